The van der Waals surface area contributed by atoms with Crippen LogP contribution < -0.4 is 0 Å². The van der Waals surface area contributed by atoms with Gasteiger partial charge in [-0.1, -0.05) is 11.8 Å². The normalized spacial score (nSPS) is 10.9. The summed E-state index contributed by atoms with van der Waals surface area (Å²) in [5.41, 5.74) is -1.37. The molecule has 1 amide bonds. The molecule has 11 nitrogen and oxygen atoms in total. The molecule has 0 aliphatic heterocycles. The van der Waals surface area contributed by atoms with Crippen LogP contribution in [0.3, 0.4) is 0 Å². The van der Waals surface area contributed by atoms with Crippen molar-refractivity contribution in [1.29, 1.82) is 5.26 Å². The molecule has 0 aliphatic rings. The molecule has 0 bridgehead atoms. The van der Waals surface area contributed by atoms with Crippen LogP contribution in [0.1, 0.15) is 11.1 Å². The van der Waals surface area contributed by atoms with Crippen molar-refractivity contribution in [2.45, 2.75) is 0 Å². The number of nitriles is 1. The number of hydrogen-bond acceptors (Lipinski definition) is 8. The monoisotopic (exact) mass is 397 g/mol. The largest absolute Gasteiger partial charge is 0.506 e. The molecule has 1 aromatic heterocycles. The molecule has 2 aromatic rings. The SMILES string of the molecule is CN(CC#Cc1cnn(C)c1)C(=O)/C(C#N)=C(\O)c1cc(O)c(O)c([N+](=O)[O-])c1. The maximum absolute atomic E-state index is 12.5. The van der Waals surface area contributed by atoms with Gasteiger partial charge in [0.15, 0.2) is 11.3 Å². The van der Waals surface area contributed by atoms with Crippen LogP contribution in [-0.2, 0) is 11.8 Å². The predicted molar refractivity (Wildman–Crippen MR) is 99.3 cm³/mol. The number of amides is 1. The van der Waals surface area contributed by atoms with E-state index in [-0.39, 0.29) is 12.1 Å². The van der Waals surface area contributed by atoms with Gasteiger partial charge in [0.25, 0.3) is 5.91 Å². The summed E-state index contributed by atoms with van der Waals surface area (Å²) < 4.78 is 1.56. The fourth-order valence-electron chi connectivity index (χ4n) is 2.24. The maximum atomic E-state index is 12.5. The van der Waals surface area contributed by atoms with Crippen LogP contribution in [0.4, 0.5) is 5.69 Å². The average Bonchev–Trinajstić information content (AvgIpc) is 3.08. The van der Waals surface area contributed by atoms with Gasteiger partial charge >= 0.3 is 5.69 Å². The van der Waals surface area contributed by atoms with Crippen LogP contribution in [-0.4, -0.2) is 54.4 Å². The van der Waals surface area contributed by atoms with Gasteiger partial charge in [-0.2, -0.15) is 10.4 Å². The van der Waals surface area contributed by atoms with Crippen molar-refractivity contribution in [3.05, 3.63) is 51.3 Å². The van der Waals surface area contributed by atoms with Gasteiger partial charge in [-0.15, -0.1) is 0 Å². The minimum absolute atomic E-state index is 0.0762. The van der Waals surface area contributed by atoms with E-state index in [1.54, 1.807) is 17.9 Å². The number of aromatic nitrogens is 2. The van der Waals surface area contributed by atoms with Crippen molar-refractivity contribution in [1.82, 2.24) is 14.7 Å². The second-order valence-electron chi connectivity index (χ2n) is 5.82. The Morgan fingerprint density at radius 3 is 2.66 bits per heavy atom. The van der Waals surface area contributed by atoms with Gasteiger partial charge in [0, 0.05) is 31.9 Å². The van der Waals surface area contributed by atoms with E-state index in [2.05, 4.69) is 16.9 Å². The third kappa shape index (κ3) is 4.61. The number of hydrogen-bond donors (Lipinski definition) is 3. The Balaban J connectivity index is 2.32. The summed E-state index contributed by atoms with van der Waals surface area (Å²) in [6, 6.07) is 3.07. The van der Waals surface area contributed by atoms with Gasteiger partial charge in [0.05, 0.1) is 23.2 Å². The Kier molecular flexibility index (Phi) is 6.06. The number of aliphatic hydroxyl groups is 1. The molecule has 0 aliphatic carbocycles. The van der Waals surface area contributed by atoms with Crippen LogP contribution in [0.2, 0.25) is 0 Å². The third-order valence-corrected chi connectivity index (χ3v) is 3.70. The van der Waals surface area contributed by atoms with E-state index in [1.807, 2.05) is 0 Å². The number of carbonyl (C=O) groups excluding carboxylic acids is 1. The molecule has 0 fully saturated rings. The van der Waals surface area contributed by atoms with Gasteiger partial charge < -0.3 is 20.2 Å². The van der Waals surface area contributed by atoms with E-state index in [1.165, 1.54) is 19.3 Å². The summed E-state index contributed by atoms with van der Waals surface area (Å²) in [6.45, 7) is -0.0762. The van der Waals surface area contributed by atoms with Crippen molar-refractivity contribution < 1.29 is 25.0 Å². The van der Waals surface area contributed by atoms with Crippen LogP contribution in [0, 0.1) is 33.3 Å². The lowest BCUT2D eigenvalue weighted by Gasteiger charge is -2.14. The Morgan fingerprint density at radius 1 is 1.41 bits per heavy atom. The quantitative estimate of drug-likeness (QED) is 0.131. The molecule has 0 saturated heterocycles. The Labute approximate surface area is 164 Å². The molecular formula is C18H15N5O6. The van der Waals surface area contributed by atoms with Crippen LogP contribution in [0.25, 0.3) is 5.76 Å². The number of phenols is 2. The Bertz CT molecular complexity index is 1120. The molecule has 0 saturated carbocycles. The van der Waals surface area contributed by atoms with Gasteiger partial charge in [-0.3, -0.25) is 19.6 Å². The number of aryl methyl sites for hydroxylation is 1. The molecule has 11 heteroatoms. The predicted octanol–water partition coefficient (Wildman–Crippen LogP) is 1.04. The maximum Gasteiger partial charge on any atom is 0.315 e. The topological polar surface area (TPSA) is 166 Å². The summed E-state index contributed by atoms with van der Waals surface area (Å²) in [6.07, 6.45) is 3.21. The van der Waals surface area contributed by atoms with Gasteiger partial charge in [-0.25, -0.2) is 0 Å². The van der Waals surface area contributed by atoms with Crippen molar-refractivity contribution in [3.8, 4) is 29.4 Å². The number of rotatable bonds is 4. The minimum atomic E-state index is -1.00. The molecule has 1 aromatic carbocycles. The van der Waals surface area contributed by atoms with E-state index in [0.717, 1.165) is 17.0 Å². The summed E-state index contributed by atoms with van der Waals surface area (Å²) in [4.78, 5) is 23.5. The smallest absolute Gasteiger partial charge is 0.315 e. The average molecular weight is 397 g/mol. The van der Waals surface area contributed by atoms with E-state index >= 15 is 0 Å². The first-order chi connectivity index (χ1) is 13.6. The number of aromatic hydroxyl groups is 2. The molecule has 2 rings (SSSR count). The van der Waals surface area contributed by atoms with Crippen LogP contribution >= 0.6 is 0 Å². The van der Waals surface area contributed by atoms with Gasteiger partial charge in [0.1, 0.15) is 11.8 Å². The standard InChI is InChI=1S/C18H15N5O6/c1-21(5-3-4-11-9-20-22(2)10-11)18(27)13(8-19)16(25)12-6-14(23(28)29)17(26)15(24)7-12/h6-7,9-10,24-26H,5H2,1-2H3/b16-13-. The highest BCUT2D eigenvalue weighted by Gasteiger charge is 2.24. The number of nitro benzene ring substituents is 1. The molecule has 3 N–H and O–H groups in total. The number of phenolic OH excluding ortho intramolecular Hbond substituents is 2. The zero-order valence-corrected chi connectivity index (χ0v) is 15.3. The van der Waals surface area contributed by atoms with Crippen molar-refractivity contribution in [2.75, 3.05) is 13.6 Å². The van der Waals surface area contributed by atoms with Crippen LogP contribution in [0.5, 0.6) is 11.5 Å². The fourth-order valence-corrected chi connectivity index (χ4v) is 2.24. The molecule has 0 unspecified atom stereocenters. The zero-order valence-electron chi connectivity index (χ0n) is 15.3. The molecular weight excluding hydrogens is 382 g/mol. The first kappa shape index (κ1) is 20.8. The molecule has 148 valence electrons. The lowest BCUT2D eigenvalue weighted by Crippen LogP contribution is -2.28. The third-order valence-electron chi connectivity index (χ3n) is 3.70. The Morgan fingerprint density at radius 2 is 2.10 bits per heavy atom. The lowest BCUT2D eigenvalue weighted by atomic mass is 10.1. The minimum Gasteiger partial charge on any atom is -0.506 e. The Hall–Kier alpha value is -4.51. The van der Waals surface area contributed by atoms with Crippen molar-refractivity contribution in [2.24, 2.45) is 7.05 Å². The molecule has 0 radical (unpaired) electrons. The lowest BCUT2D eigenvalue weighted by molar-refractivity contribution is -0.386. The van der Waals surface area contributed by atoms with E-state index in [4.69, 9.17) is 0 Å². The highest BCUT2D eigenvalue weighted by atomic mass is 16.6. The highest BCUT2D eigenvalue weighted by molar-refractivity contribution is 6.03. The highest BCUT2D eigenvalue weighted by Crippen LogP contribution is 2.38. The summed E-state index contributed by atoms with van der Waals surface area (Å²) in [5.74, 6) is 1.84. The summed E-state index contributed by atoms with van der Waals surface area (Å²) in [5, 5.41) is 53.6. The summed E-state index contributed by atoms with van der Waals surface area (Å²) in [7, 11) is 3.07. The number of aliphatic hydroxyl groups excluding tert-OH is 1. The molecule has 1 heterocycles. The fraction of sp³-hybridized carbons (Fsp3) is 0.167. The second kappa shape index (κ2) is 8.45. The number of nitro groups is 1. The van der Waals surface area contributed by atoms with Gasteiger partial charge in [0.2, 0.25) is 5.75 Å². The first-order valence-electron chi connectivity index (χ1n) is 7.92. The van der Waals surface area contributed by atoms with Crippen LogP contribution in [0.15, 0.2) is 30.1 Å². The number of benzene rings is 1. The zero-order chi connectivity index (χ0) is 21.7. The van der Waals surface area contributed by atoms with E-state index in [9.17, 15) is 35.5 Å². The molecule has 0 spiro atoms. The number of carbonyl (C=O) groups is 1. The molecule has 29 heavy (non-hydrogen) atoms. The van der Waals surface area contributed by atoms with Crippen molar-refractivity contribution in [3.63, 3.8) is 0 Å². The second-order valence-corrected chi connectivity index (χ2v) is 5.82. The van der Waals surface area contributed by atoms with Gasteiger partial charge in [-0.05, 0) is 6.07 Å². The van der Waals surface area contributed by atoms with E-state index < -0.39 is 39.3 Å². The number of likely N-dealkylation sites (N-methyl/N-ethyl adjacent to an activating group) is 1. The summed E-state index contributed by atoms with van der Waals surface area (Å²) >= 11 is 0. The first-order valence-corrected chi connectivity index (χ1v) is 7.92. The number of nitrogens with zero attached hydrogens (tertiary/aromatic N) is 5. The molecule has 0 atom stereocenters. The van der Waals surface area contributed by atoms with Crippen molar-refractivity contribution >= 4 is 17.4 Å². The van der Waals surface area contributed by atoms with E-state index in [0.29, 0.717) is 5.56 Å².